The highest BCUT2D eigenvalue weighted by atomic mass is 16.6. The molecule has 0 aromatic heterocycles. The summed E-state index contributed by atoms with van der Waals surface area (Å²) in [4.78, 5) is 37.3. The van der Waals surface area contributed by atoms with Crippen LogP contribution in [0.25, 0.3) is 11.1 Å². The standard InChI is InChI=1S/C27H27NO5/c1-17-11-13-21(32-18(2)29)16-23(17)25(30)28-24-15-20(19-9-7-6-8-10-19)12-14-22(24)26(31)33-27(3,4)5/h6-16H,1-5H3,(H,28,30). The predicted octanol–water partition coefficient (Wildman–Crippen LogP) is 5.79. The fourth-order valence-corrected chi connectivity index (χ4v) is 3.23. The Morgan fingerprint density at radius 3 is 2.15 bits per heavy atom. The zero-order valence-electron chi connectivity index (χ0n) is 19.4. The summed E-state index contributed by atoms with van der Waals surface area (Å²) in [6, 6.07) is 19.7. The number of carbonyl (C=O) groups is 3. The van der Waals surface area contributed by atoms with Crippen LogP contribution in [-0.2, 0) is 9.53 Å². The molecule has 0 unspecified atom stereocenters. The Labute approximate surface area is 193 Å². The van der Waals surface area contributed by atoms with Crippen molar-refractivity contribution in [1.29, 1.82) is 0 Å². The van der Waals surface area contributed by atoms with Gasteiger partial charge in [-0.05, 0) is 68.7 Å². The van der Waals surface area contributed by atoms with Crippen LogP contribution in [0.1, 0.15) is 54.0 Å². The van der Waals surface area contributed by atoms with Crippen LogP contribution in [0.5, 0.6) is 5.75 Å². The molecule has 0 aliphatic rings. The summed E-state index contributed by atoms with van der Waals surface area (Å²) in [6.07, 6.45) is 0. The Morgan fingerprint density at radius 1 is 0.818 bits per heavy atom. The van der Waals surface area contributed by atoms with Gasteiger partial charge in [-0.2, -0.15) is 0 Å². The summed E-state index contributed by atoms with van der Waals surface area (Å²) >= 11 is 0. The van der Waals surface area contributed by atoms with Gasteiger partial charge in [-0.3, -0.25) is 9.59 Å². The molecule has 0 aliphatic heterocycles. The molecule has 0 saturated carbocycles. The maximum absolute atomic E-state index is 13.2. The lowest BCUT2D eigenvalue weighted by Crippen LogP contribution is -2.25. The van der Waals surface area contributed by atoms with Crippen molar-refractivity contribution in [2.45, 2.75) is 40.2 Å². The first kappa shape index (κ1) is 23.7. The van der Waals surface area contributed by atoms with Gasteiger partial charge in [-0.15, -0.1) is 0 Å². The molecule has 3 rings (SSSR count). The van der Waals surface area contributed by atoms with Crippen molar-refractivity contribution in [1.82, 2.24) is 0 Å². The van der Waals surface area contributed by atoms with E-state index in [0.29, 0.717) is 16.8 Å². The molecule has 0 fully saturated rings. The lowest BCUT2D eigenvalue weighted by molar-refractivity contribution is -0.131. The molecule has 1 amide bonds. The normalized spacial score (nSPS) is 10.9. The molecule has 0 spiro atoms. The summed E-state index contributed by atoms with van der Waals surface area (Å²) in [5, 5.41) is 2.84. The van der Waals surface area contributed by atoms with Gasteiger partial charge in [0.15, 0.2) is 0 Å². The van der Waals surface area contributed by atoms with Crippen LogP contribution in [0.2, 0.25) is 0 Å². The number of nitrogens with one attached hydrogen (secondary N) is 1. The van der Waals surface area contributed by atoms with Gasteiger partial charge < -0.3 is 14.8 Å². The molecule has 3 aromatic carbocycles. The van der Waals surface area contributed by atoms with Crippen molar-refractivity contribution in [2.75, 3.05) is 5.32 Å². The van der Waals surface area contributed by atoms with E-state index in [0.717, 1.165) is 11.1 Å². The molecule has 3 aromatic rings. The van der Waals surface area contributed by atoms with Crippen LogP contribution in [0.15, 0.2) is 66.7 Å². The molecular formula is C27H27NO5. The van der Waals surface area contributed by atoms with Crippen molar-refractivity contribution in [3.63, 3.8) is 0 Å². The minimum Gasteiger partial charge on any atom is -0.456 e. The maximum atomic E-state index is 13.2. The van der Waals surface area contributed by atoms with E-state index in [4.69, 9.17) is 9.47 Å². The highest BCUT2D eigenvalue weighted by molar-refractivity contribution is 6.09. The van der Waals surface area contributed by atoms with Gasteiger partial charge in [0.2, 0.25) is 0 Å². The highest BCUT2D eigenvalue weighted by Gasteiger charge is 2.22. The van der Waals surface area contributed by atoms with Gasteiger partial charge in [0, 0.05) is 12.5 Å². The topological polar surface area (TPSA) is 81.7 Å². The summed E-state index contributed by atoms with van der Waals surface area (Å²) in [6.45, 7) is 8.42. The van der Waals surface area contributed by atoms with E-state index in [9.17, 15) is 14.4 Å². The number of carbonyl (C=O) groups excluding carboxylic acids is 3. The molecule has 0 aliphatic carbocycles. The van der Waals surface area contributed by atoms with E-state index in [1.165, 1.54) is 13.0 Å². The second-order valence-corrected chi connectivity index (χ2v) is 8.65. The molecule has 0 atom stereocenters. The molecule has 33 heavy (non-hydrogen) atoms. The summed E-state index contributed by atoms with van der Waals surface area (Å²) < 4.78 is 10.6. The van der Waals surface area contributed by atoms with Crippen molar-refractivity contribution in [3.05, 3.63) is 83.4 Å². The van der Waals surface area contributed by atoms with Crippen LogP contribution in [0.3, 0.4) is 0 Å². The number of benzene rings is 3. The van der Waals surface area contributed by atoms with Gasteiger partial charge in [0.05, 0.1) is 11.3 Å². The molecule has 170 valence electrons. The predicted molar refractivity (Wildman–Crippen MR) is 127 cm³/mol. The van der Waals surface area contributed by atoms with E-state index < -0.39 is 23.4 Å². The number of ether oxygens (including phenoxy) is 2. The number of amides is 1. The number of esters is 2. The Bertz CT molecular complexity index is 1190. The van der Waals surface area contributed by atoms with Crippen LogP contribution >= 0.6 is 0 Å². The van der Waals surface area contributed by atoms with Gasteiger partial charge >= 0.3 is 11.9 Å². The zero-order valence-corrected chi connectivity index (χ0v) is 19.4. The van der Waals surface area contributed by atoms with Crippen molar-refractivity contribution >= 4 is 23.5 Å². The molecular weight excluding hydrogens is 418 g/mol. The maximum Gasteiger partial charge on any atom is 0.340 e. The highest BCUT2D eigenvalue weighted by Crippen LogP contribution is 2.28. The van der Waals surface area contributed by atoms with Gasteiger partial charge in [0.1, 0.15) is 11.4 Å². The SMILES string of the molecule is CC(=O)Oc1ccc(C)c(C(=O)Nc2cc(-c3ccccc3)ccc2C(=O)OC(C)(C)C)c1. The lowest BCUT2D eigenvalue weighted by Gasteiger charge is -2.21. The molecule has 0 heterocycles. The van der Waals surface area contributed by atoms with Gasteiger partial charge in [-0.25, -0.2) is 4.79 Å². The van der Waals surface area contributed by atoms with E-state index >= 15 is 0 Å². The number of aryl methyl sites for hydroxylation is 1. The Hall–Kier alpha value is -3.93. The molecule has 6 heteroatoms. The molecule has 6 nitrogen and oxygen atoms in total. The summed E-state index contributed by atoms with van der Waals surface area (Å²) in [7, 11) is 0. The van der Waals surface area contributed by atoms with Gasteiger partial charge in [0.25, 0.3) is 5.91 Å². The fraction of sp³-hybridized carbons (Fsp3) is 0.222. The number of anilines is 1. The van der Waals surface area contributed by atoms with E-state index in [2.05, 4.69) is 5.32 Å². The van der Waals surface area contributed by atoms with Crippen LogP contribution in [0.4, 0.5) is 5.69 Å². The fourth-order valence-electron chi connectivity index (χ4n) is 3.23. The Kier molecular flexibility index (Phi) is 6.97. The third-order valence-electron chi connectivity index (χ3n) is 4.71. The van der Waals surface area contributed by atoms with Crippen LogP contribution in [-0.4, -0.2) is 23.4 Å². The Balaban J connectivity index is 2.01. The molecule has 0 radical (unpaired) electrons. The Morgan fingerprint density at radius 2 is 1.52 bits per heavy atom. The third-order valence-corrected chi connectivity index (χ3v) is 4.71. The van der Waals surface area contributed by atoms with Crippen LogP contribution < -0.4 is 10.1 Å². The second kappa shape index (κ2) is 9.69. The summed E-state index contributed by atoms with van der Waals surface area (Å²) in [5.41, 5.74) is 2.68. The average Bonchev–Trinajstić information content (AvgIpc) is 2.74. The monoisotopic (exact) mass is 445 g/mol. The van der Waals surface area contributed by atoms with Crippen LogP contribution in [0, 0.1) is 6.92 Å². The van der Waals surface area contributed by atoms with E-state index in [1.54, 1.807) is 52.0 Å². The third kappa shape index (κ3) is 6.29. The minimum atomic E-state index is -0.689. The van der Waals surface area contributed by atoms with Crippen molar-refractivity contribution in [2.24, 2.45) is 0 Å². The van der Waals surface area contributed by atoms with Crippen molar-refractivity contribution < 1.29 is 23.9 Å². The smallest absolute Gasteiger partial charge is 0.340 e. The first-order valence-electron chi connectivity index (χ1n) is 10.6. The zero-order chi connectivity index (χ0) is 24.2. The lowest BCUT2D eigenvalue weighted by atomic mass is 10.0. The largest absolute Gasteiger partial charge is 0.456 e. The van der Waals surface area contributed by atoms with Gasteiger partial charge in [-0.1, -0.05) is 42.5 Å². The number of hydrogen-bond acceptors (Lipinski definition) is 5. The number of rotatable bonds is 5. The molecule has 1 N–H and O–H groups in total. The van der Waals surface area contributed by atoms with Crippen molar-refractivity contribution in [3.8, 4) is 16.9 Å². The first-order valence-corrected chi connectivity index (χ1v) is 10.6. The quantitative estimate of drug-likeness (QED) is 0.397. The minimum absolute atomic E-state index is 0.242. The first-order chi connectivity index (χ1) is 15.5. The molecule has 0 saturated heterocycles. The molecule has 0 bridgehead atoms. The second-order valence-electron chi connectivity index (χ2n) is 8.65. The van der Waals surface area contributed by atoms with E-state index in [-0.39, 0.29) is 11.3 Å². The summed E-state index contributed by atoms with van der Waals surface area (Å²) in [5.74, 6) is -1.18. The average molecular weight is 446 g/mol. The van der Waals surface area contributed by atoms with E-state index in [1.807, 2.05) is 36.4 Å². The number of hydrogen-bond donors (Lipinski definition) is 1.